The molecule has 1 aliphatic heterocycles. The standard InChI is InChI=1S/C34H48N2O3/c1-24(12-14-28-25(2)13-15-29-33(4,5)30(37)16-17-34(28,29)6)22-31(38)35-18-20-36(21-19-35)32(39)26(3)23-27-10-8-7-9-11-27/h7-11,22-23,28-30,37H,2,12-21H2,1,3-6H3/b24-22+,26-23+/t28-,29-,30-,34+/m1/s1. The van der Waals surface area contributed by atoms with Gasteiger partial charge in [0.15, 0.2) is 0 Å². The molecule has 1 heterocycles. The van der Waals surface area contributed by atoms with E-state index in [2.05, 4.69) is 34.3 Å². The van der Waals surface area contributed by atoms with Crippen molar-refractivity contribution in [3.8, 4) is 0 Å². The highest BCUT2D eigenvalue weighted by Gasteiger charge is 2.55. The van der Waals surface area contributed by atoms with Crippen LogP contribution in [0.2, 0.25) is 0 Å². The number of carbonyl (C=O) groups excluding carboxylic acids is 2. The number of rotatable bonds is 6. The molecule has 0 radical (unpaired) electrons. The Labute approximate surface area is 235 Å². The Bertz CT molecular complexity index is 1130. The van der Waals surface area contributed by atoms with E-state index in [1.807, 2.05) is 53.1 Å². The number of benzene rings is 1. The molecule has 2 saturated carbocycles. The zero-order valence-corrected chi connectivity index (χ0v) is 24.7. The van der Waals surface area contributed by atoms with Crippen LogP contribution >= 0.6 is 0 Å². The molecule has 3 aliphatic rings. The molecule has 1 N–H and O–H groups in total. The van der Waals surface area contributed by atoms with Crippen LogP contribution in [0.3, 0.4) is 0 Å². The fourth-order valence-electron chi connectivity index (χ4n) is 7.69. The molecule has 0 aromatic heterocycles. The van der Waals surface area contributed by atoms with Gasteiger partial charge >= 0.3 is 0 Å². The number of aliphatic hydroxyl groups excluding tert-OH is 1. The van der Waals surface area contributed by atoms with Gasteiger partial charge in [0.2, 0.25) is 11.8 Å². The van der Waals surface area contributed by atoms with Crippen LogP contribution in [0.4, 0.5) is 0 Å². The summed E-state index contributed by atoms with van der Waals surface area (Å²) in [6.45, 7) is 17.5. The molecule has 3 fully saturated rings. The van der Waals surface area contributed by atoms with E-state index < -0.39 is 0 Å². The van der Waals surface area contributed by atoms with E-state index in [0.717, 1.165) is 49.7 Å². The molecular weight excluding hydrogens is 484 g/mol. The summed E-state index contributed by atoms with van der Waals surface area (Å²) in [6, 6.07) is 9.88. The highest BCUT2D eigenvalue weighted by Crippen LogP contribution is 2.61. The van der Waals surface area contributed by atoms with E-state index in [9.17, 15) is 14.7 Å². The van der Waals surface area contributed by atoms with E-state index >= 15 is 0 Å². The van der Waals surface area contributed by atoms with Crippen LogP contribution in [0, 0.1) is 22.7 Å². The number of amides is 2. The third kappa shape index (κ3) is 6.24. The molecule has 5 nitrogen and oxygen atoms in total. The van der Waals surface area contributed by atoms with E-state index in [4.69, 9.17) is 0 Å². The molecule has 5 heteroatoms. The Morgan fingerprint density at radius 2 is 1.67 bits per heavy atom. The van der Waals surface area contributed by atoms with Gasteiger partial charge in [-0.25, -0.2) is 0 Å². The molecule has 2 aliphatic carbocycles. The third-order valence-electron chi connectivity index (χ3n) is 10.1. The van der Waals surface area contributed by atoms with Crippen molar-refractivity contribution in [2.45, 2.75) is 79.2 Å². The fourth-order valence-corrected chi connectivity index (χ4v) is 7.69. The molecule has 2 amide bonds. The molecule has 1 aromatic carbocycles. The second-order valence-electron chi connectivity index (χ2n) is 13.1. The third-order valence-corrected chi connectivity index (χ3v) is 10.1. The van der Waals surface area contributed by atoms with Gasteiger partial charge in [-0.2, -0.15) is 0 Å². The fraction of sp³-hybridized carbons (Fsp3) is 0.588. The maximum atomic E-state index is 13.1. The first-order valence-corrected chi connectivity index (χ1v) is 14.8. The van der Waals surface area contributed by atoms with Crippen molar-refractivity contribution in [2.24, 2.45) is 22.7 Å². The van der Waals surface area contributed by atoms with Crippen LogP contribution < -0.4 is 0 Å². The molecule has 0 bridgehead atoms. The SMILES string of the molecule is C=C1CC[C@@H]2C(C)(C)[C@H](O)CC[C@@]2(C)[C@@H]1CC/C(C)=C/C(=O)N1CCN(C(=O)/C(C)=C/c2ccccc2)CC1. The zero-order valence-electron chi connectivity index (χ0n) is 24.7. The van der Waals surface area contributed by atoms with Crippen molar-refractivity contribution >= 4 is 17.9 Å². The zero-order chi connectivity index (χ0) is 28.4. The number of hydrogen-bond donors (Lipinski definition) is 1. The maximum absolute atomic E-state index is 13.1. The van der Waals surface area contributed by atoms with Crippen LogP contribution in [0.5, 0.6) is 0 Å². The van der Waals surface area contributed by atoms with Gasteiger partial charge in [0.05, 0.1) is 6.10 Å². The lowest BCUT2D eigenvalue weighted by atomic mass is 9.46. The number of nitrogens with zero attached hydrogens (tertiary/aromatic N) is 2. The number of piperazine rings is 1. The highest BCUT2D eigenvalue weighted by molar-refractivity contribution is 5.97. The second kappa shape index (κ2) is 11.8. The highest BCUT2D eigenvalue weighted by atomic mass is 16.3. The minimum Gasteiger partial charge on any atom is -0.393 e. The Morgan fingerprint density at radius 1 is 1.03 bits per heavy atom. The normalized spacial score (nSPS) is 29.7. The largest absolute Gasteiger partial charge is 0.393 e. The first-order chi connectivity index (χ1) is 18.4. The topological polar surface area (TPSA) is 60.9 Å². The Balaban J connectivity index is 1.31. The summed E-state index contributed by atoms with van der Waals surface area (Å²) in [6.07, 6.45) is 9.41. The number of fused-ring (bicyclic) bond motifs is 1. The van der Waals surface area contributed by atoms with E-state index in [1.165, 1.54) is 5.57 Å². The molecule has 1 saturated heterocycles. The van der Waals surface area contributed by atoms with Crippen LogP contribution in [0.15, 0.2) is 59.7 Å². The van der Waals surface area contributed by atoms with Gasteiger partial charge in [0.1, 0.15) is 0 Å². The average Bonchev–Trinajstić information content (AvgIpc) is 2.91. The van der Waals surface area contributed by atoms with E-state index in [1.54, 1.807) is 6.08 Å². The molecule has 0 spiro atoms. The van der Waals surface area contributed by atoms with Gasteiger partial charge in [-0.3, -0.25) is 9.59 Å². The first-order valence-electron chi connectivity index (χ1n) is 14.8. The summed E-state index contributed by atoms with van der Waals surface area (Å²) in [5.41, 5.74) is 4.26. The van der Waals surface area contributed by atoms with Crippen molar-refractivity contribution < 1.29 is 14.7 Å². The summed E-state index contributed by atoms with van der Waals surface area (Å²) in [5.74, 6) is 0.990. The minimum absolute atomic E-state index is 0.0376. The molecule has 212 valence electrons. The average molecular weight is 533 g/mol. The van der Waals surface area contributed by atoms with Crippen molar-refractivity contribution in [2.75, 3.05) is 26.2 Å². The van der Waals surface area contributed by atoms with Crippen LogP contribution in [0.25, 0.3) is 6.08 Å². The van der Waals surface area contributed by atoms with Crippen molar-refractivity contribution in [1.29, 1.82) is 0 Å². The summed E-state index contributed by atoms with van der Waals surface area (Å²) in [5, 5.41) is 10.7. The van der Waals surface area contributed by atoms with Crippen LogP contribution in [0.1, 0.15) is 78.7 Å². The molecule has 4 atom stereocenters. The van der Waals surface area contributed by atoms with Gasteiger partial charge in [-0.1, -0.05) is 68.8 Å². The monoisotopic (exact) mass is 532 g/mol. The first kappa shape index (κ1) is 29.3. The van der Waals surface area contributed by atoms with Gasteiger partial charge < -0.3 is 14.9 Å². The van der Waals surface area contributed by atoms with E-state index in [-0.39, 0.29) is 28.7 Å². The Hall–Kier alpha value is -2.66. The van der Waals surface area contributed by atoms with Crippen LogP contribution in [-0.2, 0) is 9.59 Å². The lowest BCUT2D eigenvalue weighted by molar-refractivity contribution is -0.134. The lowest BCUT2D eigenvalue weighted by Crippen LogP contribution is -2.54. The molecule has 4 rings (SSSR count). The minimum atomic E-state index is -0.235. The van der Waals surface area contributed by atoms with E-state index in [0.29, 0.717) is 43.6 Å². The summed E-state index contributed by atoms with van der Waals surface area (Å²) < 4.78 is 0. The molecule has 39 heavy (non-hydrogen) atoms. The number of carbonyl (C=O) groups is 2. The lowest BCUT2D eigenvalue weighted by Gasteiger charge is -2.59. The quantitative estimate of drug-likeness (QED) is 0.348. The predicted molar refractivity (Wildman–Crippen MR) is 159 cm³/mol. The Kier molecular flexibility index (Phi) is 8.90. The maximum Gasteiger partial charge on any atom is 0.249 e. The Morgan fingerprint density at radius 3 is 2.33 bits per heavy atom. The summed E-state index contributed by atoms with van der Waals surface area (Å²) >= 11 is 0. The number of allylic oxidation sites excluding steroid dienone is 2. The van der Waals surface area contributed by atoms with Gasteiger partial charge in [-0.05, 0) is 86.7 Å². The van der Waals surface area contributed by atoms with Gasteiger partial charge in [0, 0.05) is 37.8 Å². The summed E-state index contributed by atoms with van der Waals surface area (Å²) in [7, 11) is 0. The van der Waals surface area contributed by atoms with Gasteiger partial charge in [-0.15, -0.1) is 0 Å². The number of hydrogen-bond acceptors (Lipinski definition) is 3. The molecule has 1 aromatic rings. The number of aliphatic hydroxyl groups is 1. The second-order valence-corrected chi connectivity index (χ2v) is 13.1. The van der Waals surface area contributed by atoms with Crippen molar-refractivity contribution in [3.63, 3.8) is 0 Å². The predicted octanol–water partition coefficient (Wildman–Crippen LogP) is 6.26. The van der Waals surface area contributed by atoms with Gasteiger partial charge in [0.25, 0.3) is 0 Å². The van der Waals surface area contributed by atoms with Crippen LogP contribution in [-0.4, -0.2) is 59.0 Å². The molecular formula is C34H48N2O3. The molecule has 0 unspecified atom stereocenters. The van der Waals surface area contributed by atoms with Crippen molar-refractivity contribution in [1.82, 2.24) is 9.80 Å². The summed E-state index contributed by atoms with van der Waals surface area (Å²) in [4.78, 5) is 29.7. The van der Waals surface area contributed by atoms with Crippen molar-refractivity contribution in [3.05, 3.63) is 65.3 Å². The smallest absolute Gasteiger partial charge is 0.249 e.